The van der Waals surface area contributed by atoms with E-state index >= 15 is 0 Å². The molecule has 0 radical (unpaired) electrons. The first-order valence-electron chi connectivity index (χ1n) is 8.91. The summed E-state index contributed by atoms with van der Waals surface area (Å²) < 4.78 is 40.2. The molecule has 2 nitrogen and oxygen atoms in total. The zero-order valence-electron chi connectivity index (χ0n) is 13.8. The number of halogens is 4. The van der Waals surface area contributed by atoms with Crippen LogP contribution in [0.4, 0.5) is 19.0 Å². The van der Waals surface area contributed by atoms with E-state index in [4.69, 9.17) is 0 Å². The van der Waals surface area contributed by atoms with Gasteiger partial charge >= 0.3 is 6.18 Å². The summed E-state index contributed by atoms with van der Waals surface area (Å²) in [5, 5.41) is 0. The van der Waals surface area contributed by atoms with Crippen molar-refractivity contribution in [2.45, 2.75) is 57.5 Å². The average Bonchev–Trinajstić information content (AvgIpc) is 2.56. The van der Waals surface area contributed by atoms with E-state index < -0.39 is 11.7 Å². The average molecular weight is 405 g/mol. The molecule has 2 heterocycles. The third-order valence-corrected chi connectivity index (χ3v) is 5.88. The van der Waals surface area contributed by atoms with Gasteiger partial charge in [0.2, 0.25) is 0 Å². The highest BCUT2D eigenvalue weighted by Crippen LogP contribution is 2.39. The van der Waals surface area contributed by atoms with Gasteiger partial charge in [-0.15, -0.1) is 0 Å². The molecule has 1 saturated heterocycles. The van der Waals surface area contributed by atoms with Gasteiger partial charge in [0, 0.05) is 23.8 Å². The van der Waals surface area contributed by atoms with Crippen LogP contribution in [0.1, 0.15) is 56.9 Å². The highest BCUT2D eigenvalue weighted by Gasteiger charge is 2.37. The molecule has 24 heavy (non-hydrogen) atoms. The van der Waals surface area contributed by atoms with Gasteiger partial charge in [-0.2, -0.15) is 13.2 Å². The van der Waals surface area contributed by atoms with E-state index in [9.17, 15) is 13.2 Å². The Bertz CT molecular complexity index is 548. The van der Waals surface area contributed by atoms with E-state index in [-0.39, 0.29) is 5.82 Å². The highest BCUT2D eigenvalue weighted by atomic mass is 79.9. The fourth-order valence-electron chi connectivity index (χ4n) is 4.17. The molecular formula is C18H24BrF3N2. The summed E-state index contributed by atoms with van der Waals surface area (Å²) in [7, 11) is 0. The smallest absolute Gasteiger partial charge is 0.356 e. The van der Waals surface area contributed by atoms with Crippen molar-refractivity contribution < 1.29 is 13.2 Å². The zero-order chi connectivity index (χ0) is 17.2. The Morgan fingerprint density at radius 2 is 1.67 bits per heavy atom. The molecule has 0 unspecified atom stereocenters. The van der Waals surface area contributed by atoms with Gasteiger partial charge in [-0.3, -0.25) is 0 Å². The van der Waals surface area contributed by atoms with Crippen LogP contribution in [0.15, 0.2) is 16.7 Å². The number of hydrogen-bond donors (Lipinski definition) is 0. The predicted octanol–water partition coefficient (Wildman–Crippen LogP) is 6.05. The second-order valence-corrected chi connectivity index (χ2v) is 8.11. The fraction of sp³-hybridized carbons (Fsp3) is 0.722. The molecule has 1 aliphatic carbocycles. The normalized spacial score (nSPS) is 21.2. The first-order valence-corrected chi connectivity index (χ1v) is 9.70. The van der Waals surface area contributed by atoms with Gasteiger partial charge in [0.05, 0.1) is 5.56 Å². The van der Waals surface area contributed by atoms with E-state index in [1.807, 2.05) is 4.90 Å². The number of anilines is 1. The van der Waals surface area contributed by atoms with E-state index in [0.717, 1.165) is 24.8 Å². The van der Waals surface area contributed by atoms with Gasteiger partial charge < -0.3 is 4.90 Å². The molecule has 2 aliphatic rings. The molecule has 1 aliphatic heterocycles. The van der Waals surface area contributed by atoms with Crippen molar-refractivity contribution in [2.24, 2.45) is 11.8 Å². The van der Waals surface area contributed by atoms with Crippen LogP contribution >= 0.6 is 15.9 Å². The van der Waals surface area contributed by atoms with Crippen LogP contribution in [0, 0.1) is 11.8 Å². The number of rotatable bonds is 3. The van der Waals surface area contributed by atoms with E-state index in [1.54, 1.807) is 0 Å². The van der Waals surface area contributed by atoms with Crippen molar-refractivity contribution in [1.82, 2.24) is 4.98 Å². The molecule has 2 fully saturated rings. The summed E-state index contributed by atoms with van der Waals surface area (Å²) in [6, 6.07) is 1.14. The standard InChI is InChI=1S/C18H24BrF3N2/c19-15-11-16(18(20,21)22)17(23-12-15)24-8-6-14(7-9-24)10-13-4-2-1-3-5-13/h11-14H,1-10H2. The zero-order valence-corrected chi connectivity index (χ0v) is 15.4. The topological polar surface area (TPSA) is 16.1 Å². The lowest BCUT2D eigenvalue weighted by atomic mass is 9.80. The van der Waals surface area contributed by atoms with E-state index in [0.29, 0.717) is 23.5 Å². The maximum absolute atomic E-state index is 13.3. The first kappa shape index (κ1) is 18.0. The Hall–Kier alpha value is -0.780. The Morgan fingerprint density at radius 1 is 1.04 bits per heavy atom. The lowest BCUT2D eigenvalue weighted by molar-refractivity contribution is -0.137. The number of hydrogen-bond acceptors (Lipinski definition) is 2. The minimum atomic E-state index is -4.37. The molecule has 134 valence electrons. The third kappa shape index (κ3) is 4.44. The number of pyridine rings is 1. The van der Waals surface area contributed by atoms with E-state index in [1.165, 1.54) is 44.7 Å². The Balaban J connectivity index is 1.62. The van der Waals surface area contributed by atoms with Crippen LogP contribution in [0.2, 0.25) is 0 Å². The van der Waals surface area contributed by atoms with E-state index in [2.05, 4.69) is 20.9 Å². The fourth-order valence-corrected chi connectivity index (χ4v) is 4.50. The van der Waals surface area contributed by atoms with Crippen molar-refractivity contribution in [1.29, 1.82) is 0 Å². The lowest BCUT2D eigenvalue weighted by Gasteiger charge is -2.36. The summed E-state index contributed by atoms with van der Waals surface area (Å²) in [5.41, 5.74) is -0.636. The van der Waals surface area contributed by atoms with Crippen molar-refractivity contribution in [3.05, 3.63) is 22.3 Å². The molecule has 1 saturated carbocycles. The quantitative estimate of drug-likeness (QED) is 0.609. The van der Waals surface area contributed by atoms with Crippen LogP contribution in [-0.2, 0) is 6.18 Å². The first-order chi connectivity index (χ1) is 11.4. The van der Waals surface area contributed by atoms with Crippen LogP contribution in [0.5, 0.6) is 0 Å². The molecule has 0 aromatic carbocycles. The second kappa shape index (κ2) is 7.63. The predicted molar refractivity (Wildman–Crippen MR) is 93.1 cm³/mol. The van der Waals surface area contributed by atoms with Crippen molar-refractivity contribution in [2.75, 3.05) is 18.0 Å². The van der Waals surface area contributed by atoms with Crippen molar-refractivity contribution >= 4 is 21.7 Å². The van der Waals surface area contributed by atoms with Gasteiger partial charge in [0.25, 0.3) is 0 Å². The van der Waals surface area contributed by atoms with Crippen LogP contribution in [-0.4, -0.2) is 18.1 Å². The van der Waals surface area contributed by atoms with Gasteiger partial charge in [-0.25, -0.2) is 4.98 Å². The molecule has 0 spiro atoms. The Kier molecular flexibility index (Phi) is 5.73. The molecule has 0 amide bonds. The summed E-state index contributed by atoms with van der Waals surface area (Å²) in [6.45, 7) is 1.35. The molecule has 1 aromatic rings. The Morgan fingerprint density at radius 3 is 2.29 bits per heavy atom. The monoisotopic (exact) mass is 404 g/mol. The Labute approximate surface area is 150 Å². The number of aromatic nitrogens is 1. The third-order valence-electron chi connectivity index (χ3n) is 5.44. The van der Waals surface area contributed by atoms with Crippen molar-refractivity contribution in [3.8, 4) is 0 Å². The summed E-state index contributed by atoms with van der Waals surface area (Å²) >= 11 is 3.10. The summed E-state index contributed by atoms with van der Waals surface area (Å²) in [6.07, 6.45) is 7.04. The molecule has 6 heteroatoms. The van der Waals surface area contributed by atoms with Crippen molar-refractivity contribution in [3.63, 3.8) is 0 Å². The molecular weight excluding hydrogens is 381 g/mol. The van der Waals surface area contributed by atoms with Crippen LogP contribution in [0.25, 0.3) is 0 Å². The second-order valence-electron chi connectivity index (χ2n) is 7.19. The number of alkyl halides is 3. The largest absolute Gasteiger partial charge is 0.419 e. The molecule has 1 aromatic heterocycles. The minimum Gasteiger partial charge on any atom is -0.356 e. The maximum atomic E-state index is 13.3. The molecule has 0 atom stereocenters. The molecule has 0 bridgehead atoms. The lowest BCUT2D eigenvalue weighted by Crippen LogP contribution is -2.36. The highest BCUT2D eigenvalue weighted by molar-refractivity contribution is 9.10. The maximum Gasteiger partial charge on any atom is 0.419 e. The van der Waals surface area contributed by atoms with Gasteiger partial charge in [-0.1, -0.05) is 32.1 Å². The minimum absolute atomic E-state index is 0.0850. The number of nitrogens with zero attached hydrogens (tertiary/aromatic N) is 2. The molecule has 0 N–H and O–H groups in total. The SMILES string of the molecule is FC(F)(F)c1cc(Br)cnc1N1CCC(CC2CCCCC2)CC1. The van der Waals surface area contributed by atoms with Crippen LogP contribution < -0.4 is 4.90 Å². The van der Waals surface area contributed by atoms with Gasteiger partial charge in [0.1, 0.15) is 5.82 Å². The summed E-state index contributed by atoms with van der Waals surface area (Å²) in [4.78, 5) is 5.88. The summed E-state index contributed by atoms with van der Waals surface area (Å²) in [5.74, 6) is 1.59. The van der Waals surface area contributed by atoms with Crippen LogP contribution in [0.3, 0.4) is 0 Å². The number of piperidine rings is 1. The van der Waals surface area contributed by atoms with Gasteiger partial charge in [0.15, 0.2) is 0 Å². The van der Waals surface area contributed by atoms with Gasteiger partial charge in [-0.05, 0) is 53.1 Å². The molecule has 3 rings (SSSR count).